The number of aryl methyl sites for hydroxylation is 1. The Hall–Kier alpha value is -4.95. The molecule has 0 aliphatic carbocycles. The average molecular weight is 682 g/mol. The Morgan fingerprint density at radius 1 is 1.00 bits per heavy atom. The van der Waals surface area contributed by atoms with E-state index in [-0.39, 0.29) is 51.6 Å². The summed E-state index contributed by atoms with van der Waals surface area (Å²) in [4.78, 5) is 47.5. The summed E-state index contributed by atoms with van der Waals surface area (Å²) < 4.78 is 51.4. The standard InChI is InChI=1S/C33H31ClF3N7O4/c1-41-8-6-21(7-9-41)39-31(45)19-4-5-23(34)22(12-19)20-13-26-29(27(14-20)48-3)32(46)44(16-28-38-17-42(2)40-28)33(47)43(26)15-18-10-24(35)30(37)25(36)11-18/h4-5,10-14,17,21H,6-9,15-16H2,1-3H3,(H,39,45). The molecule has 1 aliphatic rings. The smallest absolute Gasteiger partial charge is 0.332 e. The van der Waals surface area contributed by atoms with Crippen LogP contribution < -0.4 is 21.3 Å². The lowest BCUT2D eigenvalue weighted by molar-refractivity contribution is 0.0917. The first-order valence-corrected chi connectivity index (χ1v) is 15.4. The number of likely N-dealkylation sites (tertiary alicyclic amines) is 1. The van der Waals surface area contributed by atoms with E-state index in [4.69, 9.17) is 16.3 Å². The first-order valence-electron chi connectivity index (χ1n) is 15.1. The van der Waals surface area contributed by atoms with Crippen LogP contribution in [0.5, 0.6) is 5.75 Å². The number of aromatic nitrogens is 5. The maximum absolute atomic E-state index is 14.3. The van der Waals surface area contributed by atoms with Crippen molar-refractivity contribution in [2.75, 3.05) is 27.2 Å². The Bertz CT molecular complexity index is 2150. The van der Waals surface area contributed by atoms with Crippen molar-refractivity contribution in [2.24, 2.45) is 7.05 Å². The number of ether oxygens (including phenoxy) is 1. The number of nitrogens with zero attached hydrogens (tertiary/aromatic N) is 6. The minimum Gasteiger partial charge on any atom is -0.496 e. The van der Waals surface area contributed by atoms with Crippen molar-refractivity contribution in [3.05, 3.63) is 109 Å². The molecule has 1 fully saturated rings. The number of rotatable bonds is 8. The Labute approximate surface area is 277 Å². The molecule has 0 saturated carbocycles. The second-order valence-electron chi connectivity index (χ2n) is 11.8. The molecule has 6 rings (SSSR count). The van der Waals surface area contributed by atoms with Crippen molar-refractivity contribution in [3.8, 4) is 16.9 Å². The first-order chi connectivity index (χ1) is 22.9. The Kier molecular flexibility index (Phi) is 9.12. The highest BCUT2D eigenvalue weighted by atomic mass is 35.5. The third-order valence-corrected chi connectivity index (χ3v) is 8.77. The lowest BCUT2D eigenvalue weighted by Crippen LogP contribution is -2.43. The molecule has 250 valence electrons. The molecule has 0 unspecified atom stereocenters. The van der Waals surface area contributed by atoms with Crippen LogP contribution in [0, 0.1) is 17.5 Å². The molecule has 0 bridgehead atoms. The van der Waals surface area contributed by atoms with Crippen molar-refractivity contribution in [1.29, 1.82) is 0 Å². The number of carbonyl (C=O) groups excluding carboxylic acids is 1. The van der Waals surface area contributed by atoms with Crippen LogP contribution in [0.3, 0.4) is 0 Å². The number of piperidine rings is 1. The zero-order valence-electron chi connectivity index (χ0n) is 26.3. The fourth-order valence-corrected chi connectivity index (χ4v) is 6.12. The summed E-state index contributed by atoms with van der Waals surface area (Å²) in [6.07, 6.45) is 3.04. The number of hydrogen-bond acceptors (Lipinski definition) is 7. The molecule has 48 heavy (non-hydrogen) atoms. The van der Waals surface area contributed by atoms with Gasteiger partial charge in [-0.2, -0.15) is 5.10 Å². The van der Waals surface area contributed by atoms with E-state index in [1.807, 2.05) is 7.05 Å². The van der Waals surface area contributed by atoms with Crippen molar-refractivity contribution >= 4 is 28.4 Å². The van der Waals surface area contributed by atoms with Crippen LogP contribution in [-0.4, -0.2) is 68.0 Å². The zero-order valence-corrected chi connectivity index (χ0v) is 27.0. The van der Waals surface area contributed by atoms with Gasteiger partial charge >= 0.3 is 5.69 Å². The lowest BCUT2D eigenvalue weighted by atomic mass is 9.99. The van der Waals surface area contributed by atoms with Gasteiger partial charge < -0.3 is 15.0 Å². The molecule has 15 heteroatoms. The molecule has 0 atom stereocenters. The number of hydrogen-bond donors (Lipinski definition) is 1. The van der Waals surface area contributed by atoms with Gasteiger partial charge in [0.15, 0.2) is 23.3 Å². The minimum atomic E-state index is -1.65. The molecule has 3 heterocycles. The molecule has 0 spiro atoms. The Balaban J connectivity index is 1.51. The molecule has 11 nitrogen and oxygen atoms in total. The fraction of sp³-hybridized carbons (Fsp3) is 0.303. The van der Waals surface area contributed by atoms with Crippen LogP contribution in [0.2, 0.25) is 5.02 Å². The van der Waals surface area contributed by atoms with Crippen LogP contribution >= 0.6 is 11.6 Å². The van der Waals surface area contributed by atoms with Crippen LogP contribution in [0.15, 0.2) is 58.4 Å². The maximum atomic E-state index is 14.3. The summed E-state index contributed by atoms with van der Waals surface area (Å²) in [7, 11) is 5.00. The van der Waals surface area contributed by atoms with E-state index in [1.54, 1.807) is 31.3 Å². The van der Waals surface area contributed by atoms with Crippen LogP contribution in [-0.2, 0) is 20.1 Å². The number of nitrogens with one attached hydrogen (secondary N) is 1. The lowest BCUT2D eigenvalue weighted by Gasteiger charge is -2.29. The van der Waals surface area contributed by atoms with E-state index < -0.39 is 35.2 Å². The third-order valence-electron chi connectivity index (χ3n) is 8.44. The molecule has 0 radical (unpaired) electrons. The molecule has 1 amide bonds. The number of carbonyl (C=O) groups is 1. The molecule has 3 aromatic carbocycles. The van der Waals surface area contributed by atoms with Gasteiger partial charge in [-0.3, -0.25) is 23.4 Å². The highest BCUT2D eigenvalue weighted by Crippen LogP contribution is 2.35. The van der Waals surface area contributed by atoms with Gasteiger partial charge in [0.25, 0.3) is 11.5 Å². The normalized spacial score (nSPS) is 14.1. The fourth-order valence-electron chi connectivity index (χ4n) is 5.90. The Morgan fingerprint density at radius 2 is 1.71 bits per heavy atom. The minimum absolute atomic E-state index is 0.0209. The topological polar surface area (TPSA) is 116 Å². The molecule has 1 saturated heterocycles. The molecule has 2 aromatic heterocycles. The van der Waals surface area contributed by atoms with E-state index in [9.17, 15) is 27.6 Å². The molecular formula is C33H31ClF3N7O4. The molecule has 1 aliphatic heterocycles. The molecule has 1 N–H and O–H groups in total. The number of methoxy groups -OCH3 is 1. The summed E-state index contributed by atoms with van der Waals surface area (Å²) >= 11 is 6.64. The van der Waals surface area contributed by atoms with Crippen molar-refractivity contribution < 1.29 is 22.7 Å². The predicted octanol–water partition coefficient (Wildman–Crippen LogP) is 3.96. The van der Waals surface area contributed by atoms with Gasteiger partial charge in [-0.15, -0.1) is 0 Å². The van der Waals surface area contributed by atoms with Gasteiger partial charge in [0, 0.05) is 29.2 Å². The van der Waals surface area contributed by atoms with Gasteiger partial charge in [0.1, 0.15) is 17.5 Å². The van der Waals surface area contributed by atoms with Crippen molar-refractivity contribution in [2.45, 2.75) is 32.0 Å². The zero-order chi connectivity index (χ0) is 34.3. The summed E-state index contributed by atoms with van der Waals surface area (Å²) in [5.74, 6) is -4.57. The van der Waals surface area contributed by atoms with Gasteiger partial charge in [0.2, 0.25) is 0 Å². The third kappa shape index (κ3) is 6.45. The van der Waals surface area contributed by atoms with E-state index in [0.717, 1.165) is 47.2 Å². The van der Waals surface area contributed by atoms with Gasteiger partial charge in [-0.25, -0.2) is 22.9 Å². The van der Waals surface area contributed by atoms with Crippen molar-refractivity contribution in [1.82, 2.24) is 34.1 Å². The van der Waals surface area contributed by atoms with Crippen molar-refractivity contribution in [3.63, 3.8) is 0 Å². The number of amides is 1. The van der Waals surface area contributed by atoms with Gasteiger partial charge in [0.05, 0.1) is 25.7 Å². The monoisotopic (exact) mass is 681 g/mol. The summed E-state index contributed by atoms with van der Waals surface area (Å²) in [5, 5.41) is 7.49. The largest absolute Gasteiger partial charge is 0.496 e. The summed E-state index contributed by atoms with van der Waals surface area (Å²) in [6.45, 7) is 0.976. The summed E-state index contributed by atoms with van der Waals surface area (Å²) in [6, 6.07) is 9.42. The number of halogens is 4. The predicted molar refractivity (Wildman–Crippen MR) is 173 cm³/mol. The molecular weight excluding hydrogens is 651 g/mol. The second-order valence-corrected chi connectivity index (χ2v) is 12.2. The highest BCUT2D eigenvalue weighted by molar-refractivity contribution is 6.33. The van der Waals surface area contributed by atoms with Crippen LogP contribution in [0.4, 0.5) is 13.2 Å². The highest BCUT2D eigenvalue weighted by Gasteiger charge is 2.23. The van der Waals surface area contributed by atoms with E-state index in [1.165, 1.54) is 24.2 Å². The van der Waals surface area contributed by atoms with E-state index in [2.05, 4.69) is 20.3 Å². The Morgan fingerprint density at radius 3 is 2.35 bits per heavy atom. The van der Waals surface area contributed by atoms with Gasteiger partial charge in [-0.05, 0) is 86.6 Å². The molecule has 5 aromatic rings. The van der Waals surface area contributed by atoms with Gasteiger partial charge in [-0.1, -0.05) is 11.6 Å². The SMILES string of the molecule is COc1cc(-c2cc(C(=O)NC3CCN(C)CC3)ccc2Cl)cc2c1c(=O)n(Cc1ncn(C)n1)c(=O)n2Cc1cc(F)c(F)c(F)c1. The first kappa shape index (κ1) is 33.0. The van der Waals surface area contributed by atoms with E-state index in [0.29, 0.717) is 16.7 Å². The summed E-state index contributed by atoms with van der Waals surface area (Å²) in [5.41, 5.74) is -0.449. The quantitative estimate of drug-likeness (QED) is 0.247. The van der Waals surface area contributed by atoms with Crippen LogP contribution in [0.1, 0.15) is 34.6 Å². The average Bonchev–Trinajstić information content (AvgIpc) is 3.48. The second kappa shape index (κ2) is 13.3. The van der Waals surface area contributed by atoms with E-state index >= 15 is 0 Å². The number of fused-ring (bicyclic) bond motifs is 1. The number of benzene rings is 3. The maximum Gasteiger partial charge on any atom is 0.332 e. The van der Waals surface area contributed by atoms with Crippen LogP contribution in [0.25, 0.3) is 22.0 Å².